The number of aliphatic carboxylic acids is 1. The molecule has 6 heteroatoms. The first-order chi connectivity index (χ1) is 10.5. The minimum Gasteiger partial charge on any atom is -0.491 e. The summed E-state index contributed by atoms with van der Waals surface area (Å²) in [6.07, 6.45) is -0.352. The lowest BCUT2D eigenvalue weighted by atomic mass is 10.0. The largest absolute Gasteiger partial charge is 0.491 e. The quantitative estimate of drug-likeness (QED) is 0.649. The van der Waals surface area contributed by atoms with E-state index >= 15 is 0 Å². The van der Waals surface area contributed by atoms with Gasteiger partial charge in [-0.25, -0.2) is 4.79 Å². The van der Waals surface area contributed by atoms with E-state index in [1.807, 2.05) is 0 Å². The first kappa shape index (κ1) is 16.0. The van der Waals surface area contributed by atoms with Crippen LogP contribution in [0.4, 0.5) is 0 Å². The van der Waals surface area contributed by atoms with E-state index in [4.69, 9.17) is 19.0 Å². The van der Waals surface area contributed by atoms with Crippen molar-refractivity contribution < 1.29 is 23.8 Å². The standard InChI is InChI=1S/C16H18O6/c1-9-11-4-5-13(21-7-6-20-3)10(2)15(11)22-16(19)12(9)8-14(17)18/h4-5H,6-8H2,1-3H3,(H,17,18). The zero-order valence-electron chi connectivity index (χ0n) is 12.8. The molecule has 6 nitrogen and oxygen atoms in total. The highest BCUT2D eigenvalue weighted by atomic mass is 16.5. The van der Waals surface area contributed by atoms with E-state index in [-0.39, 0.29) is 12.0 Å². The number of ether oxygens (including phenoxy) is 2. The van der Waals surface area contributed by atoms with E-state index in [0.717, 1.165) is 0 Å². The van der Waals surface area contributed by atoms with Crippen LogP contribution in [0.1, 0.15) is 16.7 Å². The molecule has 0 saturated carbocycles. The smallest absolute Gasteiger partial charge is 0.340 e. The molecule has 2 aromatic rings. The van der Waals surface area contributed by atoms with Crippen molar-refractivity contribution >= 4 is 16.9 Å². The molecule has 118 valence electrons. The molecule has 1 aromatic heterocycles. The molecule has 22 heavy (non-hydrogen) atoms. The molecule has 0 aliphatic heterocycles. The van der Waals surface area contributed by atoms with Gasteiger partial charge in [-0.2, -0.15) is 0 Å². The van der Waals surface area contributed by atoms with Gasteiger partial charge in [0.25, 0.3) is 0 Å². The summed E-state index contributed by atoms with van der Waals surface area (Å²) in [5.74, 6) is -0.455. The molecule has 0 unspecified atom stereocenters. The number of carbonyl (C=O) groups is 1. The molecule has 0 aliphatic carbocycles. The molecule has 0 atom stereocenters. The number of fused-ring (bicyclic) bond motifs is 1. The monoisotopic (exact) mass is 306 g/mol. The Morgan fingerprint density at radius 3 is 2.59 bits per heavy atom. The summed E-state index contributed by atoms with van der Waals surface area (Å²) >= 11 is 0. The summed E-state index contributed by atoms with van der Waals surface area (Å²) < 4.78 is 15.8. The van der Waals surface area contributed by atoms with Crippen molar-refractivity contribution in [2.45, 2.75) is 20.3 Å². The molecular formula is C16H18O6. The van der Waals surface area contributed by atoms with Gasteiger partial charge in [0.15, 0.2) is 0 Å². The van der Waals surface area contributed by atoms with E-state index < -0.39 is 11.6 Å². The van der Waals surface area contributed by atoms with Crippen LogP contribution in [0.3, 0.4) is 0 Å². The first-order valence-corrected chi connectivity index (χ1v) is 6.85. The lowest BCUT2D eigenvalue weighted by molar-refractivity contribution is -0.136. The van der Waals surface area contributed by atoms with Gasteiger partial charge in [-0.15, -0.1) is 0 Å². The van der Waals surface area contributed by atoms with E-state index in [0.29, 0.717) is 41.1 Å². The first-order valence-electron chi connectivity index (χ1n) is 6.85. The molecule has 0 amide bonds. The number of hydrogen-bond acceptors (Lipinski definition) is 5. The number of methoxy groups -OCH3 is 1. The second-order valence-corrected chi connectivity index (χ2v) is 4.97. The Balaban J connectivity index is 2.52. The summed E-state index contributed by atoms with van der Waals surface area (Å²) in [6, 6.07) is 3.55. The van der Waals surface area contributed by atoms with Gasteiger partial charge in [0.05, 0.1) is 18.6 Å². The Kier molecular flexibility index (Phi) is 4.82. The molecule has 0 aliphatic rings. The minimum atomic E-state index is -1.06. The fourth-order valence-electron chi connectivity index (χ4n) is 2.32. The van der Waals surface area contributed by atoms with Crippen molar-refractivity contribution in [3.63, 3.8) is 0 Å². The van der Waals surface area contributed by atoms with Gasteiger partial charge in [0.2, 0.25) is 0 Å². The maximum atomic E-state index is 12.0. The molecule has 0 spiro atoms. The van der Waals surface area contributed by atoms with Crippen LogP contribution in [0.15, 0.2) is 21.3 Å². The van der Waals surface area contributed by atoms with Crippen molar-refractivity contribution in [1.29, 1.82) is 0 Å². The van der Waals surface area contributed by atoms with Gasteiger partial charge >= 0.3 is 11.6 Å². The fourth-order valence-corrected chi connectivity index (χ4v) is 2.32. The summed E-state index contributed by atoms with van der Waals surface area (Å²) in [5, 5.41) is 9.61. The SMILES string of the molecule is COCCOc1ccc2c(C)c(CC(=O)O)c(=O)oc2c1C. The third-order valence-electron chi connectivity index (χ3n) is 3.53. The highest BCUT2D eigenvalue weighted by molar-refractivity contribution is 5.86. The Morgan fingerprint density at radius 1 is 1.23 bits per heavy atom. The predicted octanol–water partition coefficient (Wildman–Crippen LogP) is 2.06. The van der Waals surface area contributed by atoms with E-state index in [2.05, 4.69) is 0 Å². The van der Waals surface area contributed by atoms with Crippen LogP contribution >= 0.6 is 0 Å². The number of aryl methyl sites for hydroxylation is 2. The molecule has 2 rings (SSSR count). The van der Waals surface area contributed by atoms with Crippen LogP contribution in [-0.4, -0.2) is 31.4 Å². The Labute approximate surface area is 127 Å². The van der Waals surface area contributed by atoms with Crippen LogP contribution in [0.25, 0.3) is 11.0 Å². The zero-order chi connectivity index (χ0) is 16.3. The van der Waals surface area contributed by atoms with Gasteiger partial charge < -0.3 is 19.0 Å². The Hall–Kier alpha value is -2.34. The van der Waals surface area contributed by atoms with Crippen LogP contribution in [-0.2, 0) is 16.0 Å². The number of hydrogen-bond donors (Lipinski definition) is 1. The lowest BCUT2D eigenvalue weighted by Gasteiger charge is -2.12. The fraction of sp³-hybridized carbons (Fsp3) is 0.375. The summed E-state index contributed by atoms with van der Waals surface area (Å²) in [4.78, 5) is 22.9. The second-order valence-electron chi connectivity index (χ2n) is 4.97. The number of carboxylic acids is 1. The van der Waals surface area contributed by atoms with Gasteiger partial charge in [-0.1, -0.05) is 0 Å². The topological polar surface area (TPSA) is 86.0 Å². The van der Waals surface area contributed by atoms with Crippen molar-refractivity contribution in [3.05, 3.63) is 39.2 Å². The van der Waals surface area contributed by atoms with Crippen LogP contribution in [0.5, 0.6) is 5.75 Å². The molecule has 1 aromatic carbocycles. The van der Waals surface area contributed by atoms with Crippen LogP contribution in [0, 0.1) is 13.8 Å². The summed E-state index contributed by atoms with van der Waals surface area (Å²) in [6.45, 7) is 4.37. The Morgan fingerprint density at radius 2 is 1.95 bits per heavy atom. The Bertz CT molecular complexity index is 759. The van der Waals surface area contributed by atoms with Crippen LogP contribution in [0.2, 0.25) is 0 Å². The predicted molar refractivity (Wildman–Crippen MR) is 80.7 cm³/mol. The number of benzene rings is 1. The normalized spacial score (nSPS) is 10.9. The van der Waals surface area contributed by atoms with E-state index in [1.165, 1.54) is 0 Å². The molecule has 0 radical (unpaired) electrons. The highest BCUT2D eigenvalue weighted by Crippen LogP contribution is 2.29. The molecule has 0 saturated heterocycles. The van der Waals surface area contributed by atoms with Gasteiger partial charge in [0, 0.05) is 18.1 Å². The minimum absolute atomic E-state index is 0.174. The molecular weight excluding hydrogens is 288 g/mol. The molecule has 0 fully saturated rings. The summed E-state index contributed by atoms with van der Waals surface area (Å²) in [5.41, 5.74) is 1.31. The highest BCUT2D eigenvalue weighted by Gasteiger charge is 2.17. The number of rotatable bonds is 6. The van der Waals surface area contributed by atoms with E-state index in [9.17, 15) is 9.59 Å². The van der Waals surface area contributed by atoms with Crippen molar-refractivity contribution in [3.8, 4) is 5.75 Å². The van der Waals surface area contributed by atoms with Gasteiger partial charge in [-0.05, 0) is 31.5 Å². The third kappa shape index (κ3) is 3.12. The average Bonchev–Trinajstić information content (AvgIpc) is 2.46. The maximum absolute atomic E-state index is 12.0. The maximum Gasteiger partial charge on any atom is 0.340 e. The molecule has 1 N–H and O–H groups in total. The second kappa shape index (κ2) is 6.62. The van der Waals surface area contributed by atoms with Crippen molar-refractivity contribution in [1.82, 2.24) is 0 Å². The average molecular weight is 306 g/mol. The van der Waals surface area contributed by atoms with Gasteiger partial charge in [0.1, 0.15) is 17.9 Å². The van der Waals surface area contributed by atoms with Crippen LogP contribution < -0.4 is 10.4 Å². The molecule has 0 bridgehead atoms. The third-order valence-corrected chi connectivity index (χ3v) is 3.53. The number of carboxylic acid groups (broad SMARTS) is 1. The molecule has 1 heterocycles. The summed E-state index contributed by atoms with van der Waals surface area (Å²) in [7, 11) is 1.59. The van der Waals surface area contributed by atoms with Gasteiger partial charge in [-0.3, -0.25) is 4.79 Å². The van der Waals surface area contributed by atoms with Crippen molar-refractivity contribution in [2.75, 3.05) is 20.3 Å². The van der Waals surface area contributed by atoms with E-state index in [1.54, 1.807) is 33.1 Å². The van der Waals surface area contributed by atoms with Crippen molar-refractivity contribution in [2.24, 2.45) is 0 Å². The lowest BCUT2D eigenvalue weighted by Crippen LogP contribution is -2.15. The zero-order valence-corrected chi connectivity index (χ0v) is 12.8.